The maximum Gasteiger partial charge on any atom is 0.0277 e. The highest BCUT2D eigenvalue weighted by Gasteiger charge is 2.02. The molecule has 58 valence electrons. The topological polar surface area (TPSA) is 26.0 Å². The van der Waals surface area contributed by atoms with Gasteiger partial charge in [-0.3, -0.25) is 0 Å². The third kappa shape index (κ3) is 1.97. The summed E-state index contributed by atoms with van der Waals surface area (Å²) in [6.45, 7) is 4.11. The Hall–Kier alpha value is -0.0500. The summed E-state index contributed by atoms with van der Waals surface area (Å²) in [6, 6.07) is 2.28. The van der Waals surface area contributed by atoms with Crippen molar-refractivity contribution in [3.8, 4) is 0 Å². The summed E-state index contributed by atoms with van der Waals surface area (Å²) in [5.74, 6) is 0. The first-order valence-electron chi connectivity index (χ1n) is 3.01. The molecule has 1 aromatic heterocycles. The summed E-state index contributed by atoms with van der Waals surface area (Å²) in [6.07, 6.45) is 0. The fraction of sp³-hybridized carbons (Fsp3) is 0.429. The number of rotatable bonds is 1. The second-order valence-electron chi connectivity index (χ2n) is 2.22. The number of hydrogen-bond acceptors (Lipinski definition) is 2. The van der Waals surface area contributed by atoms with Crippen molar-refractivity contribution < 1.29 is 0 Å². The van der Waals surface area contributed by atoms with Crippen LogP contribution < -0.4 is 5.73 Å². The lowest BCUT2D eigenvalue weighted by Crippen LogP contribution is -2.04. The molecule has 0 aliphatic heterocycles. The molecule has 10 heavy (non-hydrogen) atoms. The number of aryl methyl sites for hydroxylation is 1. The normalized spacial score (nSPS) is 12.3. The van der Waals surface area contributed by atoms with Gasteiger partial charge in [0.15, 0.2) is 0 Å². The van der Waals surface area contributed by atoms with Crippen molar-refractivity contribution in [1.82, 2.24) is 0 Å². The number of nitrogens with two attached hydrogens (primary N) is 1. The first kappa shape index (κ1) is 9.95. The van der Waals surface area contributed by atoms with Crippen LogP contribution in [0.3, 0.4) is 0 Å². The fourth-order valence-electron chi connectivity index (χ4n) is 0.867. The molecule has 0 saturated carbocycles. The van der Waals surface area contributed by atoms with Gasteiger partial charge in [0, 0.05) is 10.9 Å². The van der Waals surface area contributed by atoms with Gasteiger partial charge in [-0.15, -0.1) is 23.7 Å². The van der Waals surface area contributed by atoms with E-state index in [-0.39, 0.29) is 18.4 Å². The first-order valence-corrected chi connectivity index (χ1v) is 3.89. The Morgan fingerprint density at radius 1 is 1.60 bits per heavy atom. The summed E-state index contributed by atoms with van der Waals surface area (Å²) in [5.41, 5.74) is 6.94. The first-order chi connectivity index (χ1) is 4.22. The van der Waals surface area contributed by atoms with Crippen LogP contribution >= 0.6 is 23.7 Å². The van der Waals surface area contributed by atoms with Gasteiger partial charge in [-0.1, -0.05) is 0 Å². The summed E-state index contributed by atoms with van der Waals surface area (Å²) in [7, 11) is 0. The molecule has 1 rings (SSSR count). The molecule has 2 N–H and O–H groups in total. The summed E-state index contributed by atoms with van der Waals surface area (Å²) in [5, 5.41) is 2.08. The van der Waals surface area contributed by atoms with Crippen LogP contribution in [0.25, 0.3) is 0 Å². The number of thiophene rings is 1. The van der Waals surface area contributed by atoms with Crippen LogP contribution in [0.5, 0.6) is 0 Å². The molecule has 1 atom stereocenters. The smallest absolute Gasteiger partial charge is 0.0277 e. The molecule has 0 aromatic carbocycles. The SMILES string of the molecule is Cc1sccc1[C@H](C)N.Cl. The van der Waals surface area contributed by atoms with Crippen LogP contribution in [0.15, 0.2) is 11.4 Å². The molecule has 1 nitrogen and oxygen atoms in total. The third-order valence-electron chi connectivity index (χ3n) is 1.39. The molecule has 0 radical (unpaired) electrons. The molecule has 0 spiro atoms. The van der Waals surface area contributed by atoms with Crippen molar-refractivity contribution in [2.24, 2.45) is 5.73 Å². The van der Waals surface area contributed by atoms with Crippen LogP contribution in [0.2, 0.25) is 0 Å². The quantitative estimate of drug-likeness (QED) is 0.701. The Kier molecular flexibility index (Phi) is 3.94. The van der Waals surface area contributed by atoms with Crippen molar-refractivity contribution in [3.05, 3.63) is 21.9 Å². The van der Waals surface area contributed by atoms with E-state index in [4.69, 9.17) is 5.73 Å². The Labute approximate surface area is 71.7 Å². The minimum Gasteiger partial charge on any atom is -0.324 e. The molecule has 0 saturated heterocycles. The van der Waals surface area contributed by atoms with E-state index < -0.39 is 0 Å². The van der Waals surface area contributed by atoms with Gasteiger partial charge in [0.1, 0.15) is 0 Å². The Morgan fingerprint density at radius 2 is 2.20 bits per heavy atom. The van der Waals surface area contributed by atoms with Crippen molar-refractivity contribution in [2.45, 2.75) is 19.9 Å². The fourth-order valence-corrected chi connectivity index (χ4v) is 1.68. The lowest BCUT2D eigenvalue weighted by Gasteiger charge is -2.01. The van der Waals surface area contributed by atoms with Crippen molar-refractivity contribution >= 4 is 23.7 Å². The minimum absolute atomic E-state index is 0. The van der Waals surface area contributed by atoms with Crippen LogP contribution in [-0.2, 0) is 0 Å². The highest BCUT2D eigenvalue weighted by atomic mass is 35.5. The molecule has 3 heteroatoms. The lowest BCUT2D eigenvalue weighted by molar-refractivity contribution is 0.816. The van der Waals surface area contributed by atoms with E-state index >= 15 is 0 Å². The van der Waals surface area contributed by atoms with E-state index in [9.17, 15) is 0 Å². The molecule has 1 aromatic rings. The molecule has 0 aliphatic rings. The van der Waals surface area contributed by atoms with Crippen molar-refractivity contribution in [1.29, 1.82) is 0 Å². The number of halogens is 1. The summed E-state index contributed by atoms with van der Waals surface area (Å²) in [4.78, 5) is 1.34. The predicted molar refractivity (Wildman–Crippen MR) is 48.9 cm³/mol. The molecule has 0 amide bonds. The molecular formula is C7H12ClNS. The largest absolute Gasteiger partial charge is 0.324 e. The molecule has 0 bridgehead atoms. The van der Waals surface area contributed by atoms with Crippen molar-refractivity contribution in [2.75, 3.05) is 0 Å². The molecule has 1 heterocycles. The van der Waals surface area contributed by atoms with E-state index in [0.29, 0.717) is 0 Å². The summed E-state index contributed by atoms with van der Waals surface area (Å²) >= 11 is 1.75. The van der Waals surface area contributed by atoms with Gasteiger partial charge in [0.25, 0.3) is 0 Å². The summed E-state index contributed by atoms with van der Waals surface area (Å²) < 4.78 is 0. The van der Waals surface area contributed by atoms with Gasteiger partial charge in [-0.05, 0) is 30.9 Å². The predicted octanol–water partition coefficient (Wildman–Crippen LogP) is 2.50. The maximum atomic E-state index is 5.67. The van der Waals surface area contributed by atoms with Gasteiger partial charge in [-0.2, -0.15) is 0 Å². The van der Waals surface area contributed by atoms with E-state index in [0.717, 1.165) is 0 Å². The van der Waals surface area contributed by atoms with E-state index in [1.54, 1.807) is 11.3 Å². The van der Waals surface area contributed by atoms with E-state index in [2.05, 4.69) is 18.4 Å². The molecule has 0 unspecified atom stereocenters. The van der Waals surface area contributed by atoms with Gasteiger partial charge in [0.05, 0.1) is 0 Å². The van der Waals surface area contributed by atoms with Gasteiger partial charge in [-0.25, -0.2) is 0 Å². The average molecular weight is 178 g/mol. The van der Waals surface area contributed by atoms with Gasteiger partial charge < -0.3 is 5.73 Å². The zero-order valence-electron chi connectivity index (χ0n) is 6.13. The second-order valence-corrected chi connectivity index (χ2v) is 3.34. The van der Waals surface area contributed by atoms with Crippen LogP contribution in [0.1, 0.15) is 23.4 Å². The van der Waals surface area contributed by atoms with Crippen LogP contribution in [0, 0.1) is 6.92 Å². The Morgan fingerprint density at radius 3 is 2.40 bits per heavy atom. The van der Waals surface area contributed by atoms with Crippen molar-refractivity contribution in [3.63, 3.8) is 0 Å². The Balaban J connectivity index is 0.000000810. The minimum atomic E-state index is 0. The molecule has 0 fully saturated rings. The van der Waals surface area contributed by atoms with Crippen LogP contribution in [0.4, 0.5) is 0 Å². The van der Waals surface area contributed by atoms with E-state index in [1.165, 1.54) is 10.4 Å². The Bertz CT molecular complexity index is 195. The number of hydrogen-bond donors (Lipinski definition) is 1. The second kappa shape index (κ2) is 3.96. The highest BCUT2D eigenvalue weighted by molar-refractivity contribution is 7.10. The highest BCUT2D eigenvalue weighted by Crippen LogP contribution is 2.19. The van der Waals surface area contributed by atoms with Gasteiger partial charge >= 0.3 is 0 Å². The van der Waals surface area contributed by atoms with Crippen LogP contribution in [-0.4, -0.2) is 0 Å². The molecular weight excluding hydrogens is 166 g/mol. The zero-order valence-corrected chi connectivity index (χ0v) is 7.76. The standard InChI is InChI=1S/C7H11NS.ClH/c1-5(8)7-3-4-9-6(7)2;/h3-5H,8H2,1-2H3;1H/t5-;/m0./s1. The molecule has 0 aliphatic carbocycles. The lowest BCUT2D eigenvalue weighted by atomic mass is 10.1. The van der Waals surface area contributed by atoms with E-state index in [1.807, 2.05) is 6.92 Å². The average Bonchev–Trinajstić information content (AvgIpc) is 2.13. The maximum absolute atomic E-state index is 5.67. The van der Waals surface area contributed by atoms with Gasteiger partial charge in [0.2, 0.25) is 0 Å². The third-order valence-corrected chi connectivity index (χ3v) is 2.25. The zero-order chi connectivity index (χ0) is 6.85. The monoisotopic (exact) mass is 177 g/mol.